The zero-order valence-corrected chi connectivity index (χ0v) is 29.5. The zero-order valence-electron chi connectivity index (χ0n) is 27.9. The fourth-order valence-electron chi connectivity index (χ4n) is 4.53. The normalized spacial score (nSPS) is 11.6. The molecule has 0 amide bonds. The Bertz CT molecular complexity index is 1680. The predicted octanol–water partition coefficient (Wildman–Crippen LogP) is 7.63. The Kier molecular flexibility index (Phi) is 13.4. The number of aromatic nitrogens is 4. The van der Waals surface area contributed by atoms with Crippen LogP contribution in [0, 0.1) is 4.77 Å². The highest BCUT2D eigenvalue weighted by Crippen LogP contribution is 2.26. The Morgan fingerprint density at radius 1 is 0.804 bits per heavy atom. The Balaban J connectivity index is 0.000000275. The van der Waals surface area contributed by atoms with Crippen LogP contribution in [-0.4, -0.2) is 60.6 Å². The molecule has 2 aromatic heterocycles. The number of carbonyl (C=O) groups is 3. The van der Waals surface area contributed by atoms with Crippen LogP contribution in [-0.2, 0) is 41.7 Å². The topological polar surface area (TPSA) is 117 Å². The molecule has 0 aliphatic carbocycles. The first-order valence-corrected chi connectivity index (χ1v) is 16.9. The first-order valence-electron chi connectivity index (χ1n) is 15.5. The molecule has 0 aliphatic rings. The summed E-state index contributed by atoms with van der Waals surface area (Å²) in [6.07, 6.45) is 3.22. The molecule has 0 bridgehead atoms. The number of nitrogens with one attached hydrogen (secondary N) is 1. The third kappa shape index (κ3) is 11.9. The number of esters is 3. The largest absolute Gasteiger partial charge is 0.466 e. The average molecular weight is 671 g/mol. The summed E-state index contributed by atoms with van der Waals surface area (Å²) in [6.45, 7) is 13.6. The van der Waals surface area contributed by atoms with Crippen LogP contribution in [0.5, 0.6) is 0 Å². The van der Waals surface area contributed by atoms with Crippen LogP contribution in [0.1, 0.15) is 74.1 Å². The number of rotatable bonds is 12. The number of hydrogen-bond donors (Lipinski definition) is 1. The van der Waals surface area contributed by atoms with E-state index in [9.17, 15) is 14.4 Å². The third-order valence-electron chi connectivity index (χ3n) is 6.28. The molecule has 0 saturated carbocycles. The fraction of sp³-hybridized carbons (Fsp3) is 0.500. The summed E-state index contributed by atoms with van der Waals surface area (Å²) in [5, 5.41) is 0.817. The molecule has 12 heteroatoms. The number of carbonyl (C=O) groups excluding carboxylic acids is 3. The number of thioether (sulfide) groups is 1. The number of aromatic amines is 1. The molecule has 1 N–H and O–H groups in total. The standard InChI is InChI=1S/C21H30N2O4S.C13H16N2O2S/c1-5-26-18(24)13-7-6-10-14-28-20-22-16-11-8-9-12-17(16)23(20)15-19(25)27-21(2,3)4;1-13(2,3)17-11(16)8-15-10-7-5-4-6-9(10)14-12(15)18/h8-9,11-12H,5-7,10,13-15H2,1-4H3;4-7H,8H2,1-3H3,(H,14,18). The minimum atomic E-state index is -0.514. The second-order valence-corrected chi connectivity index (χ2v) is 14.1. The SMILES string of the molecule is CC(C)(C)OC(=O)Cn1c(=S)[nH]c2ccccc21.CCOC(=O)CCCCCSc1nc2ccccc2n1CC(=O)OC(C)(C)C. The summed E-state index contributed by atoms with van der Waals surface area (Å²) in [6, 6.07) is 15.5. The van der Waals surface area contributed by atoms with Crippen LogP contribution in [0.2, 0.25) is 0 Å². The maximum Gasteiger partial charge on any atom is 0.326 e. The van der Waals surface area contributed by atoms with Crippen LogP contribution < -0.4 is 0 Å². The van der Waals surface area contributed by atoms with Gasteiger partial charge in [0.1, 0.15) is 24.3 Å². The van der Waals surface area contributed by atoms with Crippen molar-refractivity contribution in [3.8, 4) is 0 Å². The maximum atomic E-state index is 12.3. The second kappa shape index (κ2) is 16.8. The highest BCUT2D eigenvalue weighted by molar-refractivity contribution is 7.99. The van der Waals surface area contributed by atoms with Crippen LogP contribution in [0.3, 0.4) is 0 Å². The Morgan fingerprint density at radius 2 is 1.39 bits per heavy atom. The average Bonchev–Trinajstić information content (AvgIpc) is 3.45. The summed E-state index contributed by atoms with van der Waals surface area (Å²) in [5.74, 6) is 0.185. The van der Waals surface area contributed by atoms with E-state index >= 15 is 0 Å². The number of nitrogens with zero attached hydrogens (tertiary/aromatic N) is 3. The van der Waals surface area contributed by atoms with Crippen molar-refractivity contribution >= 4 is 64.0 Å². The first-order chi connectivity index (χ1) is 21.7. The van der Waals surface area contributed by atoms with Crippen molar-refractivity contribution in [1.29, 1.82) is 0 Å². The quantitative estimate of drug-likeness (QED) is 0.0534. The van der Waals surface area contributed by atoms with Crippen molar-refractivity contribution in [3.63, 3.8) is 0 Å². The van der Waals surface area contributed by atoms with E-state index in [4.69, 9.17) is 26.4 Å². The van der Waals surface area contributed by atoms with E-state index in [1.807, 2.05) is 102 Å². The lowest BCUT2D eigenvalue weighted by Crippen LogP contribution is -2.26. The minimum absolute atomic E-state index is 0.125. The number of H-pyrrole nitrogens is 1. The molecule has 2 aromatic carbocycles. The van der Waals surface area contributed by atoms with Crippen molar-refractivity contribution in [3.05, 3.63) is 53.3 Å². The van der Waals surface area contributed by atoms with Gasteiger partial charge in [0.2, 0.25) is 0 Å². The Morgan fingerprint density at radius 3 is 2.02 bits per heavy atom. The molecule has 4 rings (SSSR count). The molecule has 0 fully saturated rings. The highest BCUT2D eigenvalue weighted by Gasteiger charge is 2.20. The van der Waals surface area contributed by atoms with Gasteiger partial charge in [-0.25, -0.2) is 4.98 Å². The van der Waals surface area contributed by atoms with Gasteiger partial charge in [0.25, 0.3) is 0 Å². The summed E-state index contributed by atoms with van der Waals surface area (Å²) >= 11 is 6.84. The number of benzene rings is 2. The lowest BCUT2D eigenvalue weighted by Gasteiger charge is -2.20. The van der Waals surface area contributed by atoms with Crippen LogP contribution in [0.25, 0.3) is 22.1 Å². The van der Waals surface area contributed by atoms with Crippen molar-refractivity contribution < 1.29 is 28.6 Å². The van der Waals surface area contributed by atoms with Crippen LogP contribution in [0.15, 0.2) is 53.7 Å². The summed E-state index contributed by atoms with van der Waals surface area (Å²) < 4.78 is 19.9. The summed E-state index contributed by atoms with van der Waals surface area (Å²) in [4.78, 5) is 43.2. The van der Waals surface area contributed by atoms with Gasteiger partial charge in [-0.3, -0.25) is 14.4 Å². The molecule has 4 aromatic rings. The summed E-state index contributed by atoms with van der Waals surface area (Å²) in [7, 11) is 0. The van der Waals surface area contributed by atoms with E-state index in [0.29, 0.717) is 17.8 Å². The molecular formula is C34H46N4O6S2. The number of ether oxygens (including phenoxy) is 3. The molecule has 2 heterocycles. The van der Waals surface area contributed by atoms with Gasteiger partial charge >= 0.3 is 17.9 Å². The lowest BCUT2D eigenvalue weighted by molar-refractivity contribution is -0.156. The number of fused-ring (bicyclic) bond motifs is 2. The molecule has 0 aliphatic heterocycles. The van der Waals surface area contributed by atoms with Gasteiger partial charge in [0.15, 0.2) is 9.93 Å². The molecule has 0 saturated heterocycles. The Hall–Kier alpha value is -3.64. The second-order valence-electron chi connectivity index (χ2n) is 12.6. The number of hydrogen-bond acceptors (Lipinski definition) is 9. The third-order valence-corrected chi connectivity index (χ3v) is 7.66. The fourth-order valence-corrected chi connectivity index (χ4v) is 5.82. The van der Waals surface area contributed by atoms with Gasteiger partial charge in [-0.2, -0.15) is 0 Å². The van der Waals surface area contributed by atoms with Gasteiger partial charge in [0, 0.05) is 12.2 Å². The molecule has 0 unspecified atom stereocenters. The van der Waals surface area contributed by atoms with E-state index in [2.05, 4.69) is 9.97 Å². The van der Waals surface area contributed by atoms with E-state index in [-0.39, 0.29) is 31.0 Å². The molecule has 46 heavy (non-hydrogen) atoms. The highest BCUT2D eigenvalue weighted by atomic mass is 32.2. The summed E-state index contributed by atoms with van der Waals surface area (Å²) in [5.41, 5.74) is 2.64. The van der Waals surface area contributed by atoms with E-state index < -0.39 is 11.2 Å². The van der Waals surface area contributed by atoms with Crippen LogP contribution >= 0.6 is 24.0 Å². The van der Waals surface area contributed by atoms with Crippen LogP contribution in [0.4, 0.5) is 0 Å². The van der Waals surface area contributed by atoms with Crippen molar-refractivity contribution in [2.75, 3.05) is 12.4 Å². The molecule has 250 valence electrons. The lowest BCUT2D eigenvalue weighted by atomic mass is 10.2. The van der Waals surface area contributed by atoms with Crippen molar-refractivity contribution in [2.45, 2.75) is 104 Å². The molecule has 0 spiro atoms. The number of para-hydroxylation sites is 4. The predicted molar refractivity (Wildman–Crippen MR) is 184 cm³/mol. The van der Waals surface area contributed by atoms with Gasteiger partial charge in [-0.05, 0) is 97.8 Å². The van der Waals surface area contributed by atoms with E-state index in [0.717, 1.165) is 52.2 Å². The molecule has 10 nitrogen and oxygen atoms in total. The minimum Gasteiger partial charge on any atom is -0.466 e. The van der Waals surface area contributed by atoms with Crippen molar-refractivity contribution in [2.24, 2.45) is 0 Å². The first kappa shape index (κ1) is 36.8. The monoisotopic (exact) mass is 670 g/mol. The van der Waals surface area contributed by atoms with E-state index in [1.54, 1.807) is 16.3 Å². The van der Waals surface area contributed by atoms with Gasteiger partial charge in [0.05, 0.1) is 28.7 Å². The molecule has 0 atom stereocenters. The van der Waals surface area contributed by atoms with Gasteiger partial charge in [-0.15, -0.1) is 0 Å². The number of imidazole rings is 2. The maximum absolute atomic E-state index is 12.3. The molecular weight excluding hydrogens is 625 g/mol. The van der Waals surface area contributed by atoms with Gasteiger partial charge in [-0.1, -0.05) is 42.4 Å². The Labute approximate surface area is 280 Å². The van der Waals surface area contributed by atoms with Gasteiger partial charge < -0.3 is 28.3 Å². The molecule has 0 radical (unpaired) electrons. The zero-order chi connectivity index (χ0) is 33.9. The smallest absolute Gasteiger partial charge is 0.326 e. The van der Waals surface area contributed by atoms with E-state index in [1.165, 1.54) is 0 Å². The number of unbranched alkanes of at least 4 members (excludes halogenated alkanes) is 2. The van der Waals surface area contributed by atoms with Crippen molar-refractivity contribution in [1.82, 2.24) is 19.1 Å².